The standard InChI is InChI=1S/C20H17Cl3O6/c21-13-11-14(22)17(29-20(27)18(24)25)15(16(13)23)19(26)28-10-6-2-5-9-12-7-3-1-4-8-12/h1,3-4,7-8,11H,2,5-6,9-10H2,(H,24,25). The van der Waals surface area contributed by atoms with E-state index in [4.69, 9.17) is 44.6 Å². The minimum Gasteiger partial charge on any atom is -0.473 e. The maximum Gasteiger partial charge on any atom is 0.422 e. The van der Waals surface area contributed by atoms with Gasteiger partial charge in [0.25, 0.3) is 0 Å². The molecule has 2 rings (SSSR count). The van der Waals surface area contributed by atoms with E-state index in [9.17, 15) is 14.4 Å². The van der Waals surface area contributed by atoms with E-state index < -0.39 is 29.2 Å². The number of rotatable bonds is 8. The Morgan fingerprint density at radius 3 is 2.28 bits per heavy atom. The van der Waals surface area contributed by atoms with Crippen LogP contribution in [0.4, 0.5) is 0 Å². The molecule has 1 N–H and O–H groups in total. The first kappa shape index (κ1) is 23.0. The van der Waals surface area contributed by atoms with Crippen molar-refractivity contribution in [3.8, 4) is 5.75 Å². The molecule has 29 heavy (non-hydrogen) atoms. The Hall–Kier alpha value is -2.28. The maximum atomic E-state index is 12.4. The quantitative estimate of drug-likeness (QED) is 0.192. The maximum absolute atomic E-state index is 12.4. The molecule has 2 aromatic carbocycles. The molecule has 0 spiro atoms. The van der Waals surface area contributed by atoms with Crippen molar-refractivity contribution in [3.63, 3.8) is 0 Å². The van der Waals surface area contributed by atoms with Crippen LogP contribution in [-0.4, -0.2) is 29.6 Å². The summed E-state index contributed by atoms with van der Waals surface area (Å²) in [6.45, 7) is 0.0976. The first-order chi connectivity index (χ1) is 13.8. The molecule has 0 radical (unpaired) electrons. The topological polar surface area (TPSA) is 89.9 Å². The second-order valence-electron chi connectivity index (χ2n) is 5.99. The number of unbranched alkanes of at least 4 members (excludes halogenated alkanes) is 2. The van der Waals surface area contributed by atoms with E-state index in [1.165, 1.54) is 5.56 Å². The smallest absolute Gasteiger partial charge is 0.422 e. The molecule has 0 unspecified atom stereocenters. The van der Waals surface area contributed by atoms with Crippen LogP contribution in [-0.2, 0) is 20.7 Å². The van der Waals surface area contributed by atoms with Crippen LogP contribution < -0.4 is 4.74 Å². The number of carbonyl (C=O) groups excluding carboxylic acids is 2. The molecule has 6 nitrogen and oxygen atoms in total. The molecular formula is C20H17Cl3O6. The molecule has 0 saturated heterocycles. The molecule has 0 bridgehead atoms. The van der Waals surface area contributed by atoms with E-state index in [1.54, 1.807) is 0 Å². The zero-order valence-corrected chi connectivity index (χ0v) is 17.4. The Balaban J connectivity index is 1.96. The molecular weight excluding hydrogens is 443 g/mol. The van der Waals surface area contributed by atoms with Crippen LogP contribution in [0.1, 0.15) is 35.2 Å². The lowest BCUT2D eigenvalue weighted by Gasteiger charge is -2.13. The van der Waals surface area contributed by atoms with Crippen molar-refractivity contribution in [2.75, 3.05) is 6.61 Å². The summed E-state index contributed by atoms with van der Waals surface area (Å²) in [6.07, 6.45) is 3.27. The van der Waals surface area contributed by atoms with Crippen LogP contribution in [0.25, 0.3) is 0 Å². The average Bonchev–Trinajstić information content (AvgIpc) is 2.69. The predicted octanol–water partition coefficient (Wildman–Crippen LogP) is 5.21. The lowest BCUT2D eigenvalue weighted by molar-refractivity contribution is -0.158. The fraction of sp³-hybridized carbons (Fsp3) is 0.250. The van der Waals surface area contributed by atoms with Gasteiger partial charge in [-0.1, -0.05) is 65.1 Å². The number of carboxylic acid groups (broad SMARTS) is 1. The number of ether oxygens (including phenoxy) is 2. The van der Waals surface area contributed by atoms with Gasteiger partial charge in [0, 0.05) is 0 Å². The Labute approximate surface area is 182 Å². The van der Waals surface area contributed by atoms with Crippen LogP contribution in [0.3, 0.4) is 0 Å². The van der Waals surface area contributed by atoms with E-state index in [-0.39, 0.29) is 21.7 Å². The van der Waals surface area contributed by atoms with Crippen molar-refractivity contribution in [2.24, 2.45) is 0 Å². The van der Waals surface area contributed by atoms with Crippen molar-refractivity contribution in [1.82, 2.24) is 0 Å². The third-order valence-electron chi connectivity index (χ3n) is 3.89. The molecule has 154 valence electrons. The fourth-order valence-corrected chi connectivity index (χ4v) is 3.21. The van der Waals surface area contributed by atoms with Gasteiger partial charge in [-0.25, -0.2) is 14.4 Å². The lowest BCUT2D eigenvalue weighted by atomic mass is 10.1. The van der Waals surface area contributed by atoms with Crippen LogP contribution >= 0.6 is 34.8 Å². The van der Waals surface area contributed by atoms with E-state index in [1.807, 2.05) is 30.3 Å². The number of halogens is 3. The lowest BCUT2D eigenvalue weighted by Crippen LogP contribution is -2.21. The highest BCUT2D eigenvalue weighted by molar-refractivity contribution is 6.46. The molecule has 0 atom stereocenters. The molecule has 9 heteroatoms. The number of esters is 2. The number of aryl methyl sites for hydroxylation is 1. The SMILES string of the molecule is O=C(O)C(=O)Oc1c(Cl)cc(Cl)c(Cl)c1C(=O)OCCCCCc1ccccc1. The Morgan fingerprint density at radius 1 is 0.931 bits per heavy atom. The van der Waals surface area contributed by atoms with Crippen molar-refractivity contribution in [1.29, 1.82) is 0 Å². The molecule has 0 aliphatic carbocycles. The first-order valence-electron chi connectivity index (χ1n) is 8.65. The predicted molar refractivity (Wildman–Crippen MR) is 109 cm³/mol. The van der Waals surface area contributed by atoms with Crippen molar-refractivity contribution >= 4 is 52.7 Å². The van der Waals surface area contributed by atoms with E-state index in [2.05, 4.69) is 4.74 Å². The molecule has 0 saturated carbocycles. The van der Waals surface area contributed by atoms with Crippen molar-refractivity contribution in [3.05, 3.63) is 62.6 Å². The van der Waals surface area contributed by atoms with Gasteiger partial charge in [0.05, 0.1) is 21.7 Å². The summed E-state index contributed by atoms with van der Waals surface area (Å²) < 4.78 is 9.85. The van der Waals surface area contributed by atoms with Crippen LogP contribution in [0.15, 0.2) is 36.4 Å². The van der Waals surface area contributed by atoms with Gasteiger partial charge in [0.1, 0.15) is 5.56 Å². The highest BCUT2D eigenvalue weighted by Crippen LogP contribution is 2.39. The third kappa shape index (κ3) is 6.63. The number of aliphatic carboxylic acids is 1. The summed E-state index contributed by atoms with van der Waals surface area (Å²) >= 11 is 17.9. The average molecular weight is 460 g/mol. The van der Waals surface area contributed by atoms with Crippen LogP contribution in [0.5, 0.6) is 5.75 Å². The third-order valence-corrected chi connectivity index (χ3v) is 4.95. The van der Waals surface area contributed by atoms with Gasteiger partial charge in [-0.15, -0.1) is 0 Å². The molecule has 2 aromatic rings. The van der Waals surface area contributed by atoms with Gasteiger partial charge in [0.15, 0.2) is 5.75 Å². The minimum absolute atomic E-state index is 0.0680. The summed E-state index contributed by atoms with van der Waals surface area (Å²) in [5.74, 6) is -4.91. The van der Waals surface area contributed by atoms with Gasteiger partial charge < -0.3 is 14.6 Å². The number of hydrogen-bond acceptors (Lipinski definition) is 5. The van der Waals surface area contributed by atoms with E-state index in [0.717, 1.165) is 25.3 Å². The van der Waals surface area contributed by atoms with Crippen molar-refractivity contribution < 1.29 is 29.0 Å². The summed E-state index contributed by atoms with van der Waals surface area (Å²) in [5.41, 5.74) is 0.831. The zero-order valence-electron chi connectivity index (χ0n) is 15.1. The molecule has 0 amide bonds. The van der Waals surface area contributed by atoms with E-state index >= 15 is 0 Å². The highest BCUT2D eigenvalue weighted by atomic mass is 35.5. The Morgan fingerprint density at radius 2 is 1.62 bits per heavy atom. The van der Waals surface area contributed by atoms with Gasteiger partial charge in [0.2, 0.25) is 0 Å². The van der Waals surface area contributed by atoms with Crippen LogP contribution in [0, 0.1) is 0 Å². The summed E-state index contributed by atoms with van der Waals surface area (Å²) in [4.78, 5) is 34.5. The highest BCUT2D eigenvalue weighted by Gasteiger charge is 2.27. The molecule has 0 fully saturated rings. The summed E-state index contributed by atoms with van der Waals surface area (Å²) in [5, 5.41) is 8.13. The molecule has 0 heterocycles. The normalized spacial score (nSPS) is 10.4. The number of hydrogen-bond donors (Lipinski definition) is 1. The van der Waals surface area contributed by atoms with Gasteiger partial charge in [-0.3, -0.25) is 0 Å². The largest absolute Gasteiger partial charge is 0.473 e. The molecule has 0 aliphatic heterocycles. The minimum atomic E-state index is -1.86. The first-order valence-corrected chi connectivity index (χ1v) is 9.78. The van der Waals surface area contributed by atoms with Gasteiger partial charge >= 0.3 is 17.9 Å². The number of benzene rings is 2. The fourth-order valence-electron chi connectivity index (χ4n) is 2.49. The molecule has 0 aliphatic rings. The second-order valence-corrected chi connectivity index (χ2v) is 7.18. The monoisotopic (exact) mass is 458 g/mol. The summed E-state index contributed by atoms with van der Waals surface area (Å²) in [6, 6.07) is 11.1. The summed E-state index contributed by atoms with van der Waals surface area (Å²) in [7, 11) is 0. The second kappa shape index (κ2) is 11.0. The van der Waals surface area contributed by atoms with E-state index in [0.29, 0.717) is 6.42 Å². The van der Waals surface area contributed by atoms with Gasteiger partial charge in [-0.2, -0.15) is 0 Å². The van der Waals surface area contributed by atoms with Crippen LogP contribution in [0.2, 0.25) is 15.1 Å². The molecule has 0 aromatic heterocycles. The van der Waals surface area contributed by atoms with Gasteiger partial charge in [-0.05, 0) is 37.3 Å². The Kier molecular flexibility index (Phi) is 8.76. The Bertz CT molecular complexity index is 899. The zero-order chi connectivity index (χ0) is 21.4. The van der Waals surface area contributed by atoms with Crippen molar-refractivity contribution in [2.45, 2.75) is 25.7 Å². The number of carbonyl (C=O) groups is 3. The number of carboxylic acids is 1.